The first-order valence-electron chi connectivity index (χ1n) is 6.94. The summed E-state index contributed by atoms with van der Waals surface area (Å²) in [6.45, 7) is 2.31. The number of halogens is 3. The molecule has 1 aromatic carbocycles. The maximum absolute atomic E-state index is 12.2. The molecule has 0 bridgehead atoms. The maximum Gasteiger partial charge on any atom is 0.573 e. The number of rotatable bonds is 6. The average molecular weight is 395 g/mol. The van der Waals surface area contributed by atoms with Crippen LogP contribution in [0.5, 0.6) is 5.75 Å². The summed E-state index contributed by atoms with van der Waals surface area (Å²) in [5, 5.41) is 9.74. The number of anilines is 1. The molecule has 0 fully saturated rings. The summed E-state index contributed by atoms with van der Waals surface area (Å²) in [7, 11) is -3.13. The van der Waals surface area contributed by atoms with E-state index < -0.39 is 38.8 Å². The summed E-state index contributed by atoms with van der Waals surface area (Å²) in [6, 6.07) is 3.27. The Labute approximate surface area is 147 Å². The molecule has 0 saturated carbocycles. The van der Waals surface area contributed by atoms with Crippen LogP contribution < -0.4 is 4.72 Å². The number of aromatic hydroxyl groups is 1. The van der Waals surface area contributed by atoms with Gasteiger partial charge in [-0.15, -0.1) is 13.2 Å². The van der Waals surface area contributed by atoms with Crippen molar-refractivity contribution in [2.75, 3.05) is 11.8 Å². The topological polar surface area (TPSA) is 102 Å². The van der Waals surface area contributed by atoms with E-state index in [-0.39, 0.29) is 11.3 Å². The van der Waals surface area contributed by atoms with Crippen LogP contribution in [0.4, 0.5) is 18.9 Å². The van der Waals surface area contributed by atoms with Gasteiger partial charge in [0.25, 0.3) is 10.0 Å². The number of allylic oxidation sites excluding steroid dienone is 3. The number of phenols is 1. The summed E-state index contributed by atoms with van der Waals surface area (Å²) >= 11 is 0. The summed E-state index contributed by atoms with van der Waals surface area (Å²) in [5.74, 6) is -2.06. The Morgan fingerprint density at radius 2 is 1.92 bits per heavy atom. The van der Waals surface area contributed by atoms with E-state index in [1.54, 1.807) is 0 Å². The van der Waals surface area contributed by atoms with E-state index in [2.05, 4.69) is 14.2 Å². The van der Waals surface area contributed by atoms with Gasteiger partial charge in [0.15, 0.2) is 0 Å². The summed E-state index contributed by atoms with van der Waals surface area (Å²) in [6.07, 6.45) is -3.33. The Morgan fingerprint density at radius 1 is 1.31 bits per heavy atom. The fourth-order valence-electron chi connectivity index (χ4n) is 1.70. The fourth-order valence-corrected chi connectivity index (χ4v) is 2.57. The molecule has 2 N–H and O–H groups in total. The molecule has 0 heterocycles. The molecule has 144 valence electrons. The molecule has 0 amide bonds. The van der Waals surface area contributed by atoms with Gasteiger partial charge in [0.05, 0.1) is 17.7 Å². The van der Waals surface area contributed by atoms with Gasteiger partial charge in [0, 0.05) is 6.07 Å². The third-order valence-electron chi connectivity index (χ3n) is 2.94. The largest absolute Gasteiger partial charge is 0.573 e. The van der Waals surface area contributed by atoms with Crippen LogP contribution in [0.15, 0.2) is 41.0 Å². The Balaban J connectivity index is 3.06. The smallest absolute Gasteiger partial charge is 0.507 e. The molecule has 0 unspecified atom stereocenters. The van der Waals surface area contributed by atoms with Crippen molar-refractivity contribution in [1.82, 2.24) is 0 Å². The third-order valence-corrected chi connectivity index (χ3v) is 4.41. The summed E-state index contributed by atoms with van der Waals surface area (Å²) < 4.78 is 71.3. The van der Waals surface area contributed by atoms with Gasteiger partial charge in [-0.1, -0.05) is 0 Å². The minimum Gasteiger partial charge on any atom is -0.507 e. The van der Waals surface area contributed by atoms with E-state index in [1.165, 1.54) is 13.0 Å². The van der Waals surface area contributed by atoms with Gasteiger partial charge in [0.2, 0.25) is 0 Å². The van der Waals surface area contributed by atoms with Gasteiger partial charge in [-0.05, 0) is 38.1 Å². The monoisotopic (exact) mass is 395 g/mol. The number of alkyl halides is 3. The number of carbonyl (C=O) groups is 1. The van der Waals surface area contributed by atoms with Crippen LogP contribution >= 0.6 is 0 Å². The van der Waals surface area contributed by atoms with Crippen molar-refractivity contribution in [2.45, 2.75) is 20.2 Å². The molecule has 7 nitrogen and oxygen atoms in total. The van der Waals surface area contributed by atoms with Crippen LogP contribution in [0.3, 0.4) is 0 Å². The predicted molar refractivity (Wildman–Crippen MR) is 86.6 cm³/mol. The molecule has 0 aliphatic rings. The lowest BCUT2D eigenvalue weighted by molar-refractivity contribution is -0.303. The molecule has 26 heavy (non-hydrogen) atoms. The SMILES string of the molecule is C/C=C(\C=C(/C)S(=O)(=O)Nc1ccc(C(=O)OC)c(O)c1)OC(F)(F)F. The van der Waals surface area contributed by atoms with Crippen LogP contribution in [0, 0.1) is 0 Å². The maximum atomic E-state index is 12.2. The lowest BCUT2D eigenvalue weighted by Crippen LogP contribution is -2.16. The first-order valence-corrected chi connectivity index (χ1v) is 8.42. The van der Waals surface area contributed by atoms with Gasteiger partial charge < -0.3 is 14.6 Å². The van der Waals surface area contributed by atoms with E-state index in [0.29, 0.717) is 6.08 Å². The number of esters is 1. The number of carbonyl (C=O) groups excluding carboxylic acids is 1. The molecule has 11 heteroatoms. The van der Waals surface area contributed by atoms with Crippen LogP contribution in [0.25, 0.3) is 0 Å². The highest BCUT2D eigenvalue weighted by Gasteiger charge is 2.31. The zero-order valence-electron chi connectivity index (χ0n) is 13.9. The number of sulfonamides is 1. The Bertz CT molecular complexity index is 843. The first kappa shape index (κ1) is 21.4. The Hall–Kier alpha value is -2.69. The molecule has 0 spiro atoms. The van der Waals surface area contributed by atoms with Gasteiger partial charge >= 0.3 is 12.3 Å². The minimum atomic E-state index is -4.97. The number of benzene rings is 1. The van der Waals surface area contributed by atoms with Crippen molar-refractivity contribution < 1.29 is 41.0 Å². The van der Waals surface area contributed by atoms with Crippen LogP contribution in [-0.4, -0.2) is 33.0 Å². The molecule has 0 saturated heterocycles. The predicted octanol–water partition coefficient (Wildman–Crippen LogP) is 3.26. The molecule has 0 aliphatic heterocycles. The molecular weight excluding hydrogens is 379 g/mol. The van der Waals surface area contributed by atoms with E-state index in [1.807, 2.05) is 0 Å². The number of hydrogen-bond acceptors (Lipinski definition) is 6. The number of nitrogens with one attached hydrogen (secondary N) is 1. The van der Waals surface area contributed by atoms with E-state index in [4.69, 9.17) is 0 Å². The van der Waals surface area contributed by atoms with Gasteiger partial charge in [0.1, 0.15) is 17.1 Å². The average Bonchev–Trinajstić information content (AvgIpc) is 2.51. The highest BCUT2D eigenvalue weighted by Crippen LogP contribution is 2.26. The lowest BCUT2D eigenvalue weighted by atomic mass is 10.2. The fraction of sp³-hybridized carbons (Fsp3) is 0.267. The second-order valence-corrected chi connectivity index (χ2v) is 6.68. The normalized spacial score (nSPS) is 13.3. The molecule has 0 aliphatic carbocycles. The van der Waals surface area contributed by atoms with Crippen LogP contribution in [-0.2, 0) is 19.5 Å². The zero-order chi connectivity index (χ0) is 20.1. The Kier molecular flexibility index (Phi) is 6.67. The lowest BCUT2D eigenvalue weighted by Gasteiger charge is -2.12. The molecule has 0 aromatic heterocycles. The van der Waals surface area contributed by atoms with Gasteiger partial charge in [-0.3, -0.25) is 4.72 Å². The zero-order valence-corrected chi connectivity index (χ0v) is 14.7. The van der Waals surface area contributed by atoms with Crippen molar-refractivity contribution in [1.29, 1.82) is 0 Å². The molecule has 0 atom stereocenters. The van der Waals surface area contributed by atoms with E-state index in [9.17, 15) is 31.5 Å². The molecular formula is C15H16F3NO6S. The van der Waals surface area contributed by atoms with Crippen molar-refractivity contribution in [3.63, 3.8) is 0 Å². The summed E-state index contributed by atoms with van der Waals surface area (Å²) in [5.41, 5.74) is -0.292. The second kappa shape index (κ2) is 8.13. The molecule has 0 radical (unpaired) electrons. The van der Waals surface area contributed by atoms with Crippen LogP contribution in [0.1, 0.15) is 24.2 Å². The highest BCUT2D eigenvalue weighted by atomic mass is 32.2. The van der Waals surface area contributed by atoms with Crippen molar-refractivity contribution >= 4 is 21.7 Å². The standard InChI is InChI=1S/C15H16F3NO6S/c1-4-11(25-15(16,17)18)7-9(2)26(22,23)19-10-5-6-12(13(20)8-10)14(21)24-3/h4-8,19-20H,1-3H3/b9-7+,11-4+. The third kappa shape index (κ3) is 5.99. The second-order valence-electron chi connectivity index (χ2n) is 4.82. The summed E-state index contributed by atoms with van der Waals surface area (Å²) in [4.78, 5) is 10.9. The molecule has 1 aromatic rings. The number of hydrogen-bond donors (Lipinski definition) is 2. The quantitative estimate of drug-likeness (QED) is 0.436. The number of phenolic OH excluding ortho intramolecular Hbond substituents is 1. The van der Waals surface area contributed by atoms with Crippen molar-refractivity contribution in [3.05, 3.63) is 46.6 Å². The van der Waals surface area contributed by atoms with Gasteiger partial charge in [-0.2, -0.15) is 0 Å². The van der Waals surface area contributed by atoms with Crippen molar-refractivity contribution in [2.24, 2.45) is 0 Å². The highest BCUT2D eigenvalue weighted by molar-refractivity contribution is 7.96. The first-order chi connectivity index (χ1) is 11.9. The Morgan fingerprint density at radius 3 is 2.38 bits per heavy atom. The van der Waals surface area contributed by atoms with E-state index >= 15 is 0 Å². The minimum absolute atomic E-state index is 0.110. The van der Waals surface area contributed by atoms with Crippen LogP contribution in [0.2, 0.25) is 0 Å². The van der Waals surface area contributed by atoms with Crippen molar-refractivity contribution in [3.8, 4) is 5.75 Å². The number of methoxy groups -OCH3 is 1. The number of ether oxygens (including phenoxy) is 2. The van der Waals surface area contributed by atoms with Gasteiger partial charge in [-0.25, -0.2) is 13.2 Å². The van der Waals surface area contributed by atoms with E-state index in [0.717, 1.165) is 32.2 Å². The molecule has 1 rings (SSSR count).